The predicted molar refractivity (Wildman–Crippen MR) is 67.2 cm³/mol. The largest absolute Gasteiger partial charge is 0.402 e. The molecule has 0 radical (unpaired) electrons. The average Bonchev–Trinajstić information content (AvgIpc) is 2.37. The fourth-order valence-electron chi connectivity index (χ4n) is 1.53. The molecule has 0 unspecified atom stereocenters. The molecule has 0 saturated carbocycles. The molecule has 1 rings (SSSR count). The van der Waals surface area contributed by atoms with E-state index in [2.05, 4.69) is 10.4 Å². The second kappa shape index (κ2) is 6.37. The third kappa shape index (κ3) is 4.32. The summed E-state index contributed by atoms with van der Waals surface area (Å²) in [4.78, 5) is 3.42. The van der Waals surface area contributed by atoms with Gasteiger partial charge in [0.1, 0.15) is 12.4 Å². The molecule has 0 aromatic carbocycles. The van der Waals surface area contributed by atoms with Gasteiger partial charge < -0.3 is 5.43 Å². The van der Waals surface area contributed by atoms with Crippen LogP contribution in [0.25, 0.3) is 0 Å². The molecule has 0 fully saturated rings. The van der Waals surface area contributed by atoms with Crippen molar-refractivity contribution in [3.05, 3.63) is 18.3 Å². The van der Waals surface area contributed by atoms with E-state index in [1.165, 1.54) is 0 Å². The molecule has 1 aromatic rings. The van der Waals surface area contributed by atoms with Crippen LogP contribution in [0.5, 0.6) is 0 Å². The Balaban J connectivity index is 3.15. The number of aromatic nitrogens is 1. The van der Waals surface area contributed by atoms with E-state index in [1.807, 2.05) is 0 Å². The second-order valence-corrected chi connectivity index (χ2v) is 5.91. The quantitative estimate of drug-likeness (QED) is 0.611. The highest BCUT2D eigenvalue weighted by Crippen LogP contribution is 2.23. The minimum atomic E-state index is -4.61. The van der Waals surface area contributed by atoms with Crippen LogP contribution in [-0.4, -0.2) is 37.0 Å². The first-order valence-corrected chi connectivity index (χ1v) is 7.14. The number of hydrazine groups is 1. The van der Waals surface area contributed by atoms with Crippen LogP contribution in [0.3, 0.4) is 0 Å². The zero-order chi connectivity index (χ0) is 15.4. The maximum atomic E-state index is 12.5. The summed E-state index contributed by atoms with van der Waals surface area (Å²) in [5.41, 5.74) is 2.14. The molecule has 3 N–H and O–H groups in total. The van der Waals surface area contributed by atoms with Gasteiger partial charge in [0.15, 0.2) is 0 Å². The molecular weight excluding hydrogens is 297 g/mol. The Kier molecular flexibility index (Phi) is 5.31. The van der Waals surface area contributed by atoms with E-state index in [0.29, 0.717) is 4.31 Å². The molecule has 0 atom stereocenters. The van der Waals surface area contributed by atoms with E-state index < -0.39 is 22.7 Å². The highest BCUT2D eigenvalue weighted by atomic mass is 32.2. The Morgan fingerprint density at radius 1 is 1.45 bits per heavy atom. The molecule has 1 heterocycles. The number of hydrogen-bond acceptors (Lipinski definition) is 5. The number of nitrogens with zero attached hydrogens (tertiary/aromatic N) is 2. The van der Waals surface area contributed by atoms with E-state index in [1.54, 1.807) is 6.92 Å². The van der Waals surface area contributed by atoms with Crippen molar-refractivity contribution in [2.75, 3.05) is 18.5 Å². The first-order valence-electron chi connectivity index (χ1n) is 5.70. The van der Waals surface area contributed by atoms with Gasteiger partial charge in [-0.2, -0.15) is 17.5 Å². The number of anilines is 1. The molecular formula is C10H15F3N4O2S. The SMILES string of the molecule is CCCN(CC(F)(F)F)S(=O)(=O)c1ccnc(NN)c1. The molecule has 0 spiro atoms. The zero-order valence-corrected chi connectivity index (χ0v) is 11.5. The lowest BCUT2D eigenvalue weighted by molar-refractivity contribution is -0.136. The van der Waals surface area contributed by atoms with Crippen LogP contribution in [0.15, 0.2) is 23.2 Å². The fourth-order valence-corrected chi connectivity index (χ4v) is 3.06. The van der Waals surface area contributed by atoms with Crippen molar-refractivity contribution in [1.29, 1.82) is 0 Å². The van der Waals surface area contributed by atoms with E-state index in [4.69, 9.17) is 5.84 Å². The standard InChI is InChI=1S/C10H15F3N4O2S/c1-2-5-17(7-10(11,12)13)20(18,19)8-3-4-15-9(6-8)16-14/h3-4,6H,2,5,7,14H2,1H3,(H,15,16). The van der Waals surface area contributed by atoms with Crippen LogP contribution in [0.4, 0.5) is 19.0 Å². The van der Waals surface area contributed by atoms with Gasteiger partial charge in [0.05, 0.1) is 4.90 Å². The Labute approximate surface area is 114 Å². The summed E-state index contributed by atoms with van der Waals surface area (Å²) in [7, 11) is -4.25. The summed E-state index contributed by atoms with van der Waals surface area (Å²) in [6.45, 7) is -0.162. The van der Waals surface area contributed by atoms with Crippen molar-refractivity contribution in [3.63, 3.8) is 0 Å². The number of nitrogens with two attached hydrogens (primary N) is 1. The molecule has 0 aliphatic heterocycles. The predicted octanol–water partition coefficient (Wildman–Crippen LogP) is 1.33. The van der Waals surface area contributed by atoms with E-state index >= 15 is 0 Å². The van der Waals surface area contributed by atoms with Crippen LogP contribution < -0.4 is 11.3 Å². The number of nitrogen functional groups attached to an aromatic ring is 1. The summed E-state index contributed by atoms with van der Waals surface area (Å²) in [6, 6.07) is 2.20. The number of halogens is 3. The average molecular weight is 312 g/mol. The van der Waals surface area contributed by atoms with Crippen molar-refractivity contribution >= 4 is 15.8 Å². The lowest BCUT2D eigenvalue weighted by Gasteiger charge is -2.23. The highest BCUT2D eigenvalue weighted by Gasteiger charge is 2.36. The van der Waals surface area contributed by atoms with Crippen LogP contribution in [0.2, 0.25) is 0 Å². The molecule has 0 amide bonds. The Bertz CT molecular complexity index is 548. The van der Waals surface area contributed by atoms with Gasteiger partial charge in [0.2, 0.25) is 10.0 Å². The molecule has 10 heteroatoms. The number of rotatable bonds is 6. The maximum Gasteiger partial charge on any atom is 0.402 e. The summed E-state index contributed by atoms with van der Waals surface area (Å²) < 4.78 is 62.2. The van der Waals surface area contributed by atoms with Gasteiger partial charge in [-0.3, -0.25) is 0 Å². The summed E-state index contributed by atoms with van der Waals surface area (Å²) in [6.07, 6.45) is -3.19. The van der Waals surface area contributed by atoms with E-state index in [0.717, 1.165) is 18.3 Å². The number of nitrogens with one attached hydrogen (secondary N) is 1. The van der Waals surface area contributed by atoms with Gasteiger partial charge >= 0.3 is 6.18 Å². The van der Waals surface area contributed by atoms with Crippen LogP contribution in [0, 0.1) is 0 Å². The van der Waals surface area contributed by atoms with Gasteiger partial charge in [0, 0.05) is 18.8 Å². The topological polar surface area (TPSA) is 88.3 Å². The van der Waals surface area contributed by atoms with Gasteiger partial charge in [-0.15, -0.1) is 0 Å². The lowest BCUT2D eigenvalue weighted by atomic mass is 10.4. The number of alkyl halides is 3. The number of sulfonamides is 1. The zero-order valence-electron chi connectivity index (χ0n) is 10.7. The van der Waals surface area contributed by atoms with Crippen LogP contribution in [0.1, 0.15) is 13.3 Å². The summed E-state index contributed by atoms with van der Waals surface area (Å²) in [5, 5.41) is 0. The minimum Gasteiger partial charge on any atom is -0.308 e. The molecule has 0 aliphatic rings. The van der Waals surface area contributed by atoms with Crippen molar-refractivity contribution in [3.8, 4) is 0 Å². The van der Waals surface area contributed by atoms with Crippen LogP contribution >= 0.6 is 0 Å². The monoisotopic (exact) mass is 312 g/mol. The number of hydrogen-bond donors (Lipinski definition) is 2. The highest BCUT2D eigenvalue weighted by molar-refractivity contribution is 7.89. The van der Waals surface area contributed by atoms with Crippen molar-refractivity contribution in [1.82, 2.24) is 9.29 Å². The van der Waals surface area contributed by atoms with Crippen LogP contribution in [-0.2, 0) is 10.0 Å². The van der Waals surface area contributed by atoms with Gasteiger partial charge in [-0.1, -0.05) is 6.92 Å². The van der Waals surface area contributed by atoms with Crippen molar-refractivity contribution < 1.29 is 21.6 Å². The van der Waals surface area contributed by atoms with Gasteiger partial charge in [0.25, 0.3) is 0 Å². The third-order valence-electron chi connectivity index (χ3n) is 2.35. The van der Waals surface area contributed by atoms with Gasteiger partial charge in [-0.25, -0.2) is 19.2 Å². The Morgan fingerprint density at radius 3 is 2.60 bits per heavy atom. The molecule has 20 heavy (non-hydrogen) atoms. The van der Waals surface area contributed by atoms with Crippen molar-refractivity contribution in [2.24, 2.45) is 5.84 Å². The van der Waals surface area contributed by atoms with E-state index in [-0.39, 0.29) is 23.7 Å². The molecule has 0 aliphatic carbocycles. The normalized spacial score (nSPS) is 12.7. The molecule has 1 aromatic heterocycles. The number of pyridine rings is 1. The first-order chi connectivity index (χ1) is 9.20. The molecule has 6 nitrogen and oxygen atoms in total. The summed E-state index contributed by atoms with van der Waals surface area (Å²) >= 11 is 0. The minimum absolute atomic E-state index is 0.0505. The second-order valence-electron chi connectivity index (χ2n) is 3.97. The lowest BCUT2D eigenvalue weighted by Crippen LogP contribution is -2.39. The molecule has 0 bridgehead atoms. The van der Waals surface area contributed by atoms with Gasteiger partial charge in [-0.05, 0) is 12.5 Å². The smallest absolute Gasteiger partial charge is 0.308 e. The first kappa shape index (κ1) is 16.7. The fraction of sp³-hybridized carbons (Fsp3) is 0.500. The molecule has 0 saturated heterocycles. The molecule has 114 valence electrons. The maximum absolute atomic E-state index is 12.5. The summed E-state index contributed by atoms with van der Waals surface area (Å²) in [5.74, 6) is 5.15. The van der Waals surface area contributed by atoms with Crippen molar-refractivity contribution in [2.45, 2.75) is 24.4 Å². The Hall–Kier alpha value is -1.39. The van der Waals surface area contributed by atoms with E-state index in [9.17, 15) is 21.6 Å². The Morgan fingerprint density at radius 2 is 2.10 bits per heavy atom. The third-order valence-corrected chi connectivity index (χ3v) is 4.19.